The molecule has 3 heteroatoms. The van der Waals surface area contributed by atoms with Crippen LogP contribution in [0.5, 0.6) is 0 Å². The largest absolute Gasteiger partial charge is 0.207 e. The second-order valence-corrected chi connectivity index (χ2v) is 7.59. The Balaban J connectivity index is 1.93. The van der Waals surface area contributed by atoms with Crippen LogP contribution in [-0.2, 0) is 0 Å². The van der Waals surface area contributed by atoms with Gasteiger partial charge in [0.1, 0.15) is 5.82 Å². The molecular formula is C16H19FS2. The van der Waals surface area contributed by atoms with Crippen molar-refractivity contribution in [3.63, 3.8) is 0 Å². The van der Waals surface area contributed by atoms with Crippen LogP contribution in [0.25, 0.3) is 0 Å². The molecule has 0 saturated heterocycles. The molecule has 1 aliphatic heterocycles. The fraction of sp³-hybridized carbons (Fsp3) is 0.500. The van der Waals surface area contributed by atoms with Gasteiger partial charge in [-0.15, -0.1) is 23.5 Å². The van der Waals surface area contributed by atoms with E-state index in [2.05, 4.69) is 6.92 Å². The second kappa shape index (κ2) is 5.92. The zero-order valence-corrected chi connectivity index (χ0v) is 12.8. The first-order valence-electron chi connectivity index (χ1n) is 7.03. The molecule has 0 aromatic heterocycles. The van der Waals surface area contributed by atoms with Crippen LogP contribution in [0.3, 0.4) is 0 Å². The Morgan fingerprint density at radius 2 is 1.89 bits per heavy atom. The lowest BCUT2D eigenvalue weighted by Crippen LogP contribution is -2.09. The molecule has 102 valence electrons. The van der Waals surface area contributed by atoms with Gasteiger partial charge < -0.3 is 0 Å². The number of hydrogen-bond acceptors (Lipinski definition) is 2. The Kier molecular flexibility index (Phi) is 4.23. The van der Waals surface area contributed by atoms with Gasteiger partial charge in [0.05, 0.1) is 0 Å². The third-order valence-corrected chi connectivity index (χ3v) is 6.73. The maximum atomic E-state index is 13.1. The van der Waals surface area contributed by atoms with Gasteiger partial charge >= 0.3 is 0 Å². The van der Waals surface area contributed by atoms with Gasteiger partial charge in [-0.25, -0.2) is 4.39 Å². The smallest absolute Gasteiger partial charge is 0.123 e. The molecule has 0 unspecified atom stereocenters. The summed E-state index contributed by atoms with van der Waals surface area (Å²) in [6, 6.07) is 7.19. The van der Waals surface area contributed by atoms with Crippen LogP contribution in [0.15, 0.2) is 34.1 Å². The van der Waals surface area contributed by atoms with Crippen molar-refractivity contribution in [3.8, 4) is 0 Å². The summed E-state index contributed by atoms with van der Waals surface area (Å²) in [5.41, 5.74) is 1.31. The lowest BCUT2D eigenvalue weighted by molar-refractivity contribution is 0.461. The molecule has 0 bridgehead atoms. The summed E-state index contributed by atoms with van der Waals surface area (Å²) >= 11 is 4.09. The van der Waals surface area contributed by atoms with E-state index in [1.807, 2.05) is 35.7 Å². The standard InChI is InChI=1S/C16H19FS2/c1-2-3-12-10-14-16(19-9-8-18-14)15(12)11-4-6-13(17)7-5-11/h4-7,12,15H,2-3,8-10H2,1H3/t12-,15+/m0/s1. The first kappa shape index (κ1) is 13.6. The van der Waals surface area contributed by atoms with Crippen molar-refractivity contribution in [1.29, 1.82) is 0 Å². The van der Waals surface area contributed by atoms with E-state index in [4.69, 9.17) is 0 Å². The van der Waals surface area contributed by atoms with E-state index in [0.29, 0.717) is 5.92 Å². The zero-order valence-electron chi connectivity index (χ0n) is 11.2. The number of thioether (sulfide) groups is 2. The summed E-state index contributed by atoms with van der Waals surface area (Å²) in [6.45, 7) is 2.26. The van der Waals surface area contributed by atoms with Gasteiger partial charge in [-0.2, -0.15) is 0 Å². The molecule has 3 rings (SSSR count). The summed E-state index contributed by atoms with van der Waals surface area (Å²) in [4.78, 5) is 3.20. The first-order valence-corrected chi connectivity index (χ1v) is 9.00. The van der Waals surface area contributed by atoms with Gasteiger partial charge in [0.25, 0.3) is 0 Å². The van der Waals surface area contributed by atoms with E-state index in [-0.39, 0.29) is 5.82 Å². The van der Waals surface area contributed by atoms with Crippen LogP contribution < -0.4 is 0 Å². The van der Waals surface area contributed by atoms with Gasteiger partial charge in [0.2, 0.25) is 0 Å². The predicted octanol–water partition coefficient (Wildman–Crippen LogP) is 5.42. The summed E-state index contributed by atoms with van der Waals surface area (Å²) in [5.74, 6) is 3.58. The average Bonchev–Trinajstić information content (AvgIpc) is 2.78. The Morgan fingerprint density at radius 1 is 1.16 bits per heavy atom. The summed E-state index contributed by atoms with van der Waals surface area (Å²) in [6.07, 6.45) is 3.75. The summed E-state index contributed by atoms with van der Waals surface area (Å²) in [5, 5.41) is 0. The van der Waals surface area contributed by atoms with Crippen molar-refractivity contribution in [2.45, 2.75) is 32.1 Å². The van der Waals surface area contributed by atoms with Crippen LogP contribution in [0.4, 0.5) is 4.39 Å². The Hall–Kier alpha value is -0.410. The molecule has 0 fully saturated rings. The quantitative estimate of drug-likeness (QED) is 0.730. The molecule has 1 heterocycles. The zero-order chi connectivity index (χ0) is 13.2. The molecule has 0 saturated carbocycles. The topological polar surface area (TPSA) is 0 Å². The van der Waals surface area contributed by atoms with Gasteiger partial charge in [0, 0.05) is 22.3 Å². The number of rotatable bonds is 3. The number of allylic oxidation sites excluding steroid dienone is 2. The Labute approximate surface area is 123 Å². The fourth-order valence-electron chi connectivity index (χ4n) is 3.19. The van der Waals surface area contributed by atoms with Gasteiger partial charge in [-0.3, -0.25) is 0 Å². The van der Waals surface area contributed by atoms with Gasteiger partial charge in [0.15, 0.2) is 0 Å². The Bertz CT molecular complexity index is 478. The van der Waals surface area contributed by atoms with Crippen molar-refractivity contribution in [1.82, 2.24) is 0 Å². The maximum absolute atomic E-state index is 13.1. The van der Waals surface area contributed by atoms with Crippen molar-refractivity contribution >= 4 is 23.5 Å². The lowest BCUT2D eigenvalue weighted by Gasteiger charge is -2.23. The van der Waals surface area contributed by atoms with Crippen LogP contribution in [0.2, 0.25) is 0 Å². The highest BCUT2D eigenvalue weighted by atomic mass is 32.2. The van der Waals surface area contributed by atoms with Crippen LogP contribution in [0, 0.1) is 11.7 Å². The summed E-state index contributed by atoms with van der Waals surface area (Å²) in [7, 11) is 0. The fourth-order valence-corrected chi connectivity index (χ4v) is 6.03. The maximum Gasteiger partial charge on any atom is 0.123 e. The molecule has 0 amide bonds. The predicted molar refractivity (Wildman–Crippen MR) is 84.1 cm³/mol. The lowest BCUT2D eigenvalue weighted by atomic mass is 9.86. The highest BCUT2D eigenvalue weighted by Gasteiger charge is 2.36. The SMILES string of the molecule is CCC[C@H]1CC2=C(SCCS2)[C@@H]1c1ccc(F)cc1. The van der Waals surface area contributed by atoms with E-state index in [1.54, 1.807) is 21.9 Å². The second-order valence-electron chi connectivity index (χ2n) is 5.27. The molecule has 1 aliphatic carbocycles. The van der Waals surface area contributed by atoms with E-state index in [1.165, 1.54) is 36.3 Å². The average molecular weight is 294 g/mol. The number of hydrogen-bond donors (Lipinski definition) is 0. The van der Waals surface area contributed by atoms with E-state index < -0.39 is 0 Å². The van der Waals surface area contributed by atoms with E-state index >= 15 is 0 Å². The molecule has 19 heavy (non-hydrogen) atoms. The molecular weight excluding hydrogens is 275 g/mol. The monoisotopic (exact) mass is 294 g/mol. The highest BCUT2D eigenvalue weighted by Crippen LogP contribution is 2.55. The van der Waals surface area contributed by atoms with E-state index in [0.717, 1.165) is 5.92 Å². The third-order valence-electron chi connectivity index (χ3n) is 3.98. The highest BCUT2D eigenvalue weighted by molar-refractivity contribution is 8.10. The molecule has 0 N–H and O–H groups in total. The number of benzene rings is 1. The molecule has 0 spiro atoms. The van der Waals surface area contributed by atoms with E-state index in [9.17, 15) is 4.39 Å². The molecule has 1 aromatic carbocycles. The number of halogens is 1. The third kappa shape index (κ3) is 2.73. The van der Waals surface area contributed by atoms with Crippen molar-refractivity contribution in [2.24, 2.45) is 5.92 Å². The minimum absolute atomic E-state index is 0.131. The molecule has 0 nitrogen and oxygen atoms in total. The summed E-state index contributed by atoms with van der Waals surface area (Å²) < 4.78 is 13.1. The molecule has 0 radical (unpaired) electrons. The normalized spacial score (nSPS) is 26.6. The molecule has 2 aliphatic rings. The molecule has 1 aromatic rings. The molecule has 2 atom stereocenters. The van der Waals surface area contributed by atoms with Crippen LogP contribution >= 0.6 is 23.5 Å². The minimum atomic E-state index is -0.131. The van der Waals surface area contributed by atoms with Crippen LogP contribution in [0.1, 0.15) is 37.7 Å². The van der Waals surface area contributed by atoms with Crippen LogP contribution in [-0.4, -0.2) is 11.5 Å². The van der Waals surface area contributed by atoms with Gasteiger partial charge in [-0.1, -0.05) is 25.5 Å². The van der Waals surface area contributed by atoms with Crippen molar-refractivity contribution in [3.05, 3.63) is 45.5 Å². The van der Waals surface area contributed by atoms with Gasteiger partial charge in [-0.05, 0) is 41.4 Å². The minimum Gasteiger partial charge on any atom is -0.207 e. The van der Waals surface area contributed by atoms with Crippen molar-refractivity contribution in [2.75, 3.05) is 11.5 Å². The Morgan fingerprint density at radius 3 is 2.63 bits per heavy atom. The van der Waals surface area contributed by atoms with Crippen molar-refractivity contribution < 1.29 is 4.39 Å². The first-order chi connectivity index (χ1) is 9.29.